The number of amides is 2. The highest BCUT2D eigenvalue weighted by Crippen LogP contribution is 2.54. The zero-order valence-electron chi connectivity index (χ0n) is 20.5. The fourth-order valence-electron chi connectivity index (χ4n) is 5.57. The first kappa shape index (κ1) is 24.7. The second-order valence-corrected chi connectivity index (χ2v) is 10.4. The molecule has 1 aromatic carbocycles. The van der Waals surface area contributed by atoms with Gasteiger partial charge in [0.2, 0.25) is 5.91 Å². The maximum absolute atomic E-state index is 14.5. The first-order valence-corrected chi connectivity index (χ1v) is 12.6. The number of rotatable bonds is 7. The van der Waals surface area contributed by atoms with Crippen molar-refractivity contribution in [2.75, 3.05) is 46.0 Å². The molecule has 186 valence electrons. The second kappa shape index (κ2) is 10.9. The lowest BCUT2D eigenvalue weighted by Crippen LogP contribution is -2.48. The highest BCUT2D eigenvalue weighted by molar-refractivity contribution is 5.94. The first-order chi connectivity index (χ1) is 16.3. The molecule has 3 fully saturated rings. The Labute approximate surface area is 202 Å². The quantitative estimate of drug-likeness (QED) is 0.435. The van der Waals surface area contributed by atoms with E-state index < -0.39 is 5.82 Å². The molecule has 1 aliphatic carbocycles. The molecule has 2 heterocycles. The van der Waals surface area contributed by atoms with Crippen LogP contribution in [0, 0.1) is 17.2 Å². The molecule has 7 heteroatoms. The molecule has 2 amide bonds. The van der Waals surface area contributed by atoms with Crippen LogP contribution >= 0.6 is 0 Å². The topological polar surface area (TPSA) is 59.1 Å². The minimum atomic E-state index is -0.538. The van der Waals surface area contributed by atoms with Gasteiger partial charge in [-0.15, -0.1) is 0 Å². The van der Waals surface area contributed by atoms with Crippen molar-refractivity contribution in [3.05, 3.63) is 41.2 Å². The van der Waals surface area contributed by atoms with Crippen LogP contribution in [0.1, 0.15) is 62.7 Å². The molecule has 4 rings (SSSR count). The predicted molar refractivity (Wildman–Crippen MR) is 128 cm³/mol. The predicted octanol–water partition coefficient (Wildman–Crippen LogP) is 4.44. The number of morpholine rings is 1. The summed E-state index contributed by atoms with van der Waals surface area (Å²) in [7, 11) is 0. The lowest BCUT2D eigenvalue weighted by atomic mass is 9.56. The molecule has 1 spiro atoms. The number of carbonyl (C=O) groups excluding carboxylic acids is 2. The molecule has 1 saturated carbocycles. The van der Waals surface area contributed by atoms with E-state index in [9.17, 15) is 14.0 Å². The molecule has 0 aromatic heterocycles. The van der Waals surface area contributed by atoms with Gasteiger partial charge in [-0.2, -0.15) is 0 Å². The molecule has 2 saturated heterocycles. The van der Waals surface area contributed by atoms with E-state index in [1.165, 1.54) is 25.0 Å². The fraction of sp³-hybridized carbons (Fsp3) is 0.630. The number of benzene rings is 1. The Hall–Kier alpha value is -2.41. The van der Waals surface area contributed by atoms with E-state index in [-0.39, 0.29) is 17.4 Å². The molecule has 0 radical (unpaired) electrons. The summed E-state index contributed by atoms with van der Waals surface area (Å²) < 4.78 is 25.5. The number of hydrogen-bond acceptors (Lipinski definition) is 4. The van der Waals surface area contributed by atoms with Crippen LogP contribution in [-0.2, 0) is 9.53 Å². The Kier molecular flexibility index (Phi) is 7.91. The minimum Gasteiger partial charge on any atom is -0.493 e. The first-order valence-electron chi connectivity index (χ1n) is 12.6. The van der Waals surface area contributed by atoms with E-state index in [4.69, 9.17) is 9.47 Å². The fourth-order valence-corrected chi connectivity index (χ4v) is 5.57. The van der Waals surface area contributed by atoms with Gasteiger partial charge in [0, 0.05) is 38.3 Å². The van der Waals surface area contributed by atoms with Crippen LogP contribution < -0.4 is 4.74 Å². The summed E-state index contributed by atoms with van der Waals surface area (Å²) in [5.41, 5.74) is 1.57. The van der Waals surface area contributed by atoms with E-state index in [2.05, 4.69) is 0 Å². The standard InChI is InChI=1S/C27H37FN2O4/c1-20(2)16-25(31)29-9-7-27(8-10-29)18-21(19-27)4-3-13-34-22-5-6-23(24(28)17-22)26(32)30-11-14-33-15-12-30/h5-6,16-17,21H,3-4,7-15,18-19H2,1-2H3. The van der Waals surface area contributed by atoms with E-state index >= 15 is 0 Å². The summed E-state index contributed by atoms with van der Waals surface area (Å²) in [6.45, 7) is 8.17. The lowest BCUT2D eigenvalue weighted by molar-refractivity contribution is -0.130. The number of nitrogens with zero attached hydrogens (tertiary/aromatic N) is 2. The molecule has 0 bridgehead atoms. The second-order valence-electron chi connectivity index (χ2n) is 10.4. The van der Waals surface area contributed by atoms with Crippen molar-refractivity contribution in [2.45, 2.75) is 52.4 Å². The van der Waals surface area contributed by atoms with Crippen molar-refractivity contribution in [2.24, 2.45) is 11.3 Å². The number of likely N-dealkylation sites (tertiary alicyclic amines) is 1. The largest absolute Gasteiger partial charge is 0.493 e. The number of carbonyl (C=O) groups is 2. The van der Waals surface area contributed by atoms with Crippen molar-refractivity contribution in [3.63, 3.8) is 0 Å². The summed E-state index contributed by atoms with van der Waals surface area (Å²) >= 11 is 0. The summed E-state index contributed by atoms with van der Waals surface area (Å²) in [6.07, 6.45) is 8.48. The lowest BCUT2D eigenvalue weighted by Gasteiger charge is -2.52. The molecule has 0 N–H and O–H groups in total. The Morgan fingerprint density at radius 1 is 1.12 bits per heavy atom. The molecule has 3 aliphatic rings. The van der Waals surface area contributed by atoms with E-state index in [1.807, 2.05) is 18.7 Å². The molecular weight excluding hydrogens is 435 g/mol. The average Bonchev–Trinajstić information content (AvgIpc) is 2.81. The minimum absolute atomic E-state index is 0.0858. The van der Waals surface area contributed by atoms with Gasteiger partial charge in [0.05, 0.1) is 25.4 Å². The highest BCUT2D eigenvalue weighted by atomic mass is 19.1. The molecule has 0 atom stereocenters. The SMILES string of the molecule is CC(C)=CC(=O)N1CCC2(CC1)CC(CCCOc1ccc(C(=O)N3CCOCC3)c(F)c1)C2. The molecule has 6 nitrogen and oxygen atoms in total. The Morgan fingerprint density at radius 3 is 2.47 bits per heavy atom. The van der Waals surface area contributed by atoms with Crippen molar-refractivity contribution in [3.8, 4) is 5.75 Å². The van der Waals surface area contributed by atoms with E-state index in [1.54, 1.807) is 17.0 Å². The maximum Gasteiger partial charge on any atom is 0.256 e. The smallest absolute Gasteiger partial charge is 0.256 e. The molecule has 34 heavy (non-hydrogen) atoms. The van der Waals surface area contributed by atoms with Gasteiger partial charge in [0.15, 0.2) is 0 Å². The van der Waals surface area contributed by atoms with Gasteiger partial charge in [-0.25, -0.2) is 4.39 Å². The van der Waals surface area contributed by atoms with Crippen LogP contribution in [0.5, 0.6) is 5.75 Å². The zero-order valence-corrected chi connectivity index (χ0v) is 20.5. The Bertz CT molecular complexity index is 905. The molecule has 2 aliphatic heterocycles. The van der Waals surface area contributed by atoms with E-state index in [0.717, 1.165) is 44.3 Å². The molecule has 0 unspecified atom stereocenters. The van der Waals surface area contributed by atoms with Gasteiger partial charge in [-0.05, 0) is 75.8 Å². The van der Waals surface area contributed by atoms with Gasteiger partial charge in [0.25, 0.3) is 5.91 Å². The summed E-state index contributed by atoms with van der Waals surface area (Å²) in [5, 5.41) is 0. The highest BCUT2D eigenvalue weighted by Gasteiger charge is 2.45. The third-order valence-electron chi connectivity index (χ3n) is 7.49. The van der Waals surface area contributed by atoms with Crippen LogP contribution in [0.2, 0.25) is 0 Å². The van der Waals surface area contributed by atoms with Crippen molar-refractivity contribution >= 4 is 11.8 Å². The number of ether oxygens (including phenoxy) is 2. The van der Waals surface area contributed by atoms with Crippen LogP contribution in [-0.4, -0.2) is 67.6 Å². The molecule has 1 aromatic rings. The van der Waals surface area contributed by atoms with Crippen LogP contribution in [0.15, 0.2) is 29.8 Å². The van der Waals surface area contributed by atoms with Crippen LogP contribution in [0.25, 0.3) is 0 Å². The van der Waals surface area contributed by atoms with Crippen molar-refractivity contribution in [1.29, 1.82) is 0 Å². The monoisotopic (exact) mass is 472 g/mol. The normalized spacial score (nSPS) is 20.1. The Morgan fingerprint density at radius 2 is 1.82 bits per heavy atom. The van der Waals surface area contributed by atoms with Gasteiger partial charge in [0.1, 0.15) is 11.6 Å². The number of halogens is 1. The van der Waals surface area contributed by atoms with Crippen LogP contribution in [0.3, 0.4) is 0 Å². The zero-order chi connectivity index (χ0) is 24.1. The number of hydrogen-bond donors (Lipinski definition) is 0. The average molecular weight is 473 g/mol. The summed E-state index contributed by atoms with van der Waals surface area (Å²) in [5.74, 6) is 0.504. The van der Waals surface area contributed by atoms with Crippen molar-refractivity contribution < 1.29 is 23.5 Å². The maximum atomic E-state index is 14.5. The third-order valence-corrected chi connectivity index (χ3v) is 7.49. The van der Waals surface area contributed by atoms with Crippen LogP contribution in [0.4, 0.5) is 4.39 Å². The summed E-state index contributed by atoms with van der Waals surface area (Å²) in [4.78, 5) is 28.3. The Balaban J connectivity index is 1.14. The molecular formula is C27H37FN2O4. The van der Waals surface area contributed by atoms with Gasteiger partial charge in [-0.3, -0.25) is 9.59 Å². The number of allylic oxidation sites excluding steroid dienone is 1. The van der Waals surface area contributed by atoms with Gasteiger partial charge < -0.3 is 19.3 Å². The van der Waals surface area contributed by atoms with Crippen molar-refractivity contribution in [1.82, 2.24) is 9.80 Å². The third kappa shape index (κ3) is 5.98. The van der Waals surface area contributed by atoms with E-state index in [0.29, 0.717) is 50.0 Å². The van der Waals surface area contributed by atoms with Gasteiger partial charge >= 0.3 is 0 Å². The summed E-state index contributed by atoms with van der Waals surface area (Å²) in [6, 6.07) is 4.52. The van der Waals surface area contributed by atoms with Gasteiger partial charge in [-0.1, -0.05) is 5.57 Å². The number of piperidine rings is 1.